The minimum absolute atomic E-state index is 0.0922. The van der Waals surface area contributed by atoms with Crippen molar-refractivity contribution in [1.82, 2.24) is 4.90 Å². The fourth-order valence-corrected chi connectivity index (χ4v) is 2.04. The van der Waals surface area contributed by atoms with Gasteiger partial charge in [0, 0.05) is 18.7 Å². The Bertz CT molecular complexity index is 527. The highest BCUT2D eigenvalue weighted by molar-refractivity contribution is 5.73. The summed E-state index contributed by atoms with van der Waals surface area (Å²) < 4.78 is 18.8. The number of carboxylic acid groups (broad SMARTS) is 1. The highest BCUT2D eigenvalue weighted by atomic mass is 19.1. The molecule has 6 heteroatoms. The molecule has 0 aliphatic carbocycles. The molecule has 1 aromatic carbocycles. The number of carbonyl (C=O) groups is 1. The van der Waals surface area contributed by atoms with Crippen molar-refractivity contribution >= 4 is 5.97 Å². The molecule has 2 rings (SSSR count). The van der Waals surface area contributed by atoms with E-state index in [9.17, 15) is 9.18 Å². The largest absolute Gasteiger partial charge is 0.480 e. The Balaban J connectivity index is 2.19. The van der Waals surface area contributed by atoms with Gasteiger partial charge in [-0.1, -0.05) is 0 Å². The summed E-state index contributed by atoms with van der Waals surface area (Å²) in [6.07, 6.45) is 0. The SMILES string of the molecule is N#Cc1ccc(F)c(CN2CCOCC2C(=O)O)c1. The summed E-state index contributed by atoms with van der Waals surface area (Å²) in [7, 11) is 0. The van der Waals surface area contributed by atoms with Gasteiger partial charge in [-0.3, -0.25) is 9.69 Å². The van der Waals surface area contributed by atoms with Crippen LogP contribution in [-0.4, -0.2) is 41.8 Å². The number of rotatable bonds is 3. The van der Waals surface area contributed by atoms with Gasteiger partial charge >= 0.3 is 5.97 Å². The van der Waals surface area contributed by atoms with Crippen molar-refractivity contribution in [2.24, 2.45) is 0 Å². The van der Waals surface area contributed by atoms with Crippen molar-refractivity contribution in [2.75, 3.05) is 19.8 Å². The van der Waals surface area contributed by atoms with E-state index in [1.165, 1.54) is 18.2 Å². The Hall–Kier alpha value is -1.97. The molecule has 5 nitrogen and oxygen atoms in total. The number of aliphatic carboxylic acids is 1. The van der Waals surface area contributed by atoms with Crippen LogP contribution in [0.25, 0.3) is 0 Å². The Labute approximate surface area is 109 Å². The van der Waals surface area contributed by atoms with Gasteiger partial charge < -0.3 is 9.84 Å². The van der Waals surface area contributed by atoms with E-state index in [0.717, 1.165) is 0 Å². The number of carboxylic acids is 1. The minimum Gasteiger partial charge on any atom is -0.480 e. The van der Waals surface area contributed by atoms with Crippen LogP contribution in [-0.2, 0) is 16.1 Å². The second-order valence-corrected chi connectivity index (χ2v) is 4.32. The first kappa shape index (κ1) is 13.5. The van der Waals surface area contributed by atoms with Gasteiger partial charge in [0.1, 0.15) is 11.9 Å². The molecule has 0 spiro atoms. The van der Waals surface area contributed by atoms with Crippen molar-refractivity contribution in [3.63, 3.8) is 0 Å². The molecule has 1 fully saturated rings. The van der Waals surface area contributed by atoms with Gasteiger partial charge in [0.15, 0.2) is 0 Å². The van der Waals surface area contributed by atoms with Crippen molar-refractivity contribution in [3.8, 4) is 6.07 Å². The maximum absolute atomic E-state index is 13.7. The number of nitriles is 1. The van der Waals surface area contributed by atoms with Crippen LogP contribution in [0.1, 0.15) is 11.1 Å². The Morgan fingerprint density at radius 3 is 3.11 bits per heavy atom. The van der Waals surface area contributed by atoms with Gasteiger partial charge in [0.25, 0.3) is 0 Å². The highest BCUT2D eigenvalue weighted by Gasteiger charge is 2.29. The van der Waals surface area contributed by atoms with E-state index in [4.69, 9.17) is 15.1 Å². The standard InChI is InChI=1S/C13H13FN2O3/c14-11-2-1-9(6-15)5-10(11)7-16-3-4-19-8-12(16)13(17)18/h1-2,5,12H,3-4,7-8H2,(H,17,18). The van der Waals surface area contributed by atoms with Gasteiger partial charge in [-0.2, -0.15) is 5.26 Å². The third-order valence-electron chi connectivity index (χ3n) is 3.07. The second-order valence-electron chi connectivity index (χ2n) is 4.32. The fourth-order valence-electron chi connectivity index (χ4n) is 2.04. The van der Waals surface area contributed by atoms with E-state index < -0.39 is 17.8 Å². The van der Waals surface area contributed by atoms with Gasteiger partial charge in [0.05, 0.1) is 24.8 Å². The first-order valence-electron chi connectivity index (χ1n) is 5.85. The molecule has 0 amide bonds. The summed E-state index contributed by atoms with van der Waals surface area (Å²) in [4.78, 5) is 12.7. The Morgan fingerprint density at radius 1 is 1.63 bits per heavy atom. The lowest BCUT2D eigenvalue weighted by atomic mass is 10.1. The molecule has 1 aromatic rings. The summed E-state index contributed by atoms with van der Waals surface area (Å²) in [6, 6.07) is 5.23. The Morgan fingerprint density at radius 2 is 2.42 bits per heavy atom. The molecule has 1 unspecified atom stereocenters. The molecule has 19 heavy (non-hydrogen) atoms. The zero-order valence-corrected chi connectivity index (χ0v) is 10.2. The van der Waals surface area contributed by atoms with Crippen molar-refractivity contribution in [1.29, 1.82) is 5.26 Å². The van der Waals surface area contributed by atoms with Crippen LogP contribution in [0.4, 0.5) is 4.39 Å². The maximum atomic E-state index is 13.7. The number of benzene rings is 1. The van der Waals surface area contributed by atoms with Crippen LogP contribution in [0.15, 0.2) is 18.2 Å². The minimum atomic E-state index is -0.989. The highest BCUT2D eigenvalue weighted by Crippen LogP contribution is 2.16. The predicted molar refractivity (Wildman–Crippen MR) is 63.8 cm³/mol. The van der Waals surface area contributed by atoms with Crippen molar-refractivity contribution in [3.05, 3.63) is 35.1 Å². The van der Waals surface area contributed by atoms with E-state index in [0.29, 0.717) is 24.3 Å². The molecule has 1 aliphatic heterocycles. The third kappa shape index (κ3) is 3.08. The van der Waals surface area contributed by atoms with E-state index in [2.05, 4.69) is 0 Å². The maximum Gasteiger partial charge on any atom is 0.323 e. The average molecular weight is 264 g/mol. The molecule has 1 heterocycles. The zero-order chi connectivity index (χ0) is 13.8. The average Bonchev–Trinajstić information content (AvgIpc) is 2.41. The van der Waals surface area contributed by atoms with Crippen molar-refractivity contribution in [2.45, 2.75) is 12.6 Å². The van der Waals surface area contributed by atoms with Gasteiger partial charge in [0.2, 0.25) is 0 Å². The van der Waals surface area contributed by atoms with Crippen molar-refractivity contribution < 1.29 is 19.0 Å². The summed E-state index contributed by atoms with van der Waals surface area (Å²) in [6.45, 7) is 1.09. The lowest BCUT2D eigenvalue weighted by Gasteiger charge is -2.32. The van der Waals surface area contributed by atoms with Crippen LogP contribution in [0, 0.1) is 17.1 Å². The molecular weight excluding hydrogens is 251 g/mol. The summed E-state index contributed by atoms with van der Waals surface area (Å²) in [5, 5.41) is 17.9. The monoisotopic (exact) mass is 264 g/mol. The first-order valence-corrected chi connectivity index (χ1v) is 5.85. The quantitative estimate of drug-likeness (QED) is 0.881. The molecule has 1 aliphatic rings. The van der Waals surface area contributed by atoms with Crippen LogP contribution >= 0.6 is 0 Å². The van der Waals surface area contributed by atoms with Gasteiger partial charge in [-0.25, -0.2) is 4.39 Å². The number of ether oxygens (including phenoxy) is 1. The van der Waals surface area contributed by atoms with E-state index in [1.54, 1.807) is 4.90 Å². The number of nitrogens with zero attached hydrogens (tertiary/aromatic N) is 2. The molecule has 0 bridgehead atoms. The Kier molecular flexibility index (Phi) is 4.10. The normalized spacial score (nSPS) is 19.9. The third-order valence-corrected chi connectivity index (χ3v) is 3.07. The smallest absolute Gasteiger partial charge is 0.323 e. The zero-order valence-electron chi connectivity index (χ0n) is 10.2. The molecule has 1 N–H and O–H groups in total. The van der Waals surface area contributed by atoms with Gasteiger partial charge in [-0.05, 0) is 18.2 Å². The summed E-state index contributed by atoms with van der Waals surface area (Å²) in [5.74, 6) is -1.42. The topological polar surface area (TPSA) is 73.6 Å². The lowest BCUT2D eigenvalue weighted by Crippen LogP contribution is -2.49. The molecule has 0 aromatic heterocycles. The van der Waals surface area contributed by atoms with Crippen LogP contribution in [0.5, 0.6) is 0 Å². The molecule has 0 radical (unpaired) electrons. The second kappa shape index (κ2) is 5.78. The van der Waals surface area contributed by atoms with E-state index in [1.807, 2.05) is 6.07 Å². The van der Waals surface area contributed by atoms with Gasteiger partial charge in [-0.15, -0.1) is 0 Å². The molecule has 0 saturated carbocycles. The van der Waals surface area contributed by atoms with E-state index in [-0.39, 0.29) is 13.2 Å². The molecular formula is C13H13FN2O3. The molecule has 100 valence electrons. The molecule has 1 atom stereocenters. The summed E-state index contributed by atoms with van der Waals surface area (Å²) >= 11 is 0. The lowest BCUT2D eigenvalue weighted by molar-refractivity contribution is -0.150. The van der Waals surface area contributed by atoms with E-state index >= 15 is 0 Å². The fraction of sp³-hybridized carbons (Fsp3) is 0.385. The van der Waals surface area contributed by atoms with Crippen LogP contribution in [0.2, 0.25) is 0 Å². The first-order chi connectivity index (χ1) is 9.11. The number of halogens is 1. The number of hydrogen-bond donors (Lipinski definition) is 1. The number of hydrogen-bond acceptors (Lipinski definition) is 4. The van der Waals surface area contributed by atoms with Crippen LogP contribution < -0.4 is 0 Å². The predicted octanol–water partition coefficient (Wildman–Crippen LogP) is 0.983. The summed E-state index contributed by atoms with van der Waals surface area (Å²) in [5.41, 5.74) is 0.684. The number of morpholine rings is 1. The molecule has 1 saturated heterocycles. The van der Waals surface area contributed by atoms with Crippen LogP contribution in [0.3, 0.4) is 0 Å².